The van der Waals surface area contributed by atoms with Gasteiger partial charge in [-0.1, -0.05) is 28.1 Å². The van der Waals surface area contributed by atoms with Crippen molar-refractivity contribution in [1.29, 1.82) is 0 Å². The van der Waals surface area contributed by atoms with Crippen molar-refractivity contribution in [2.24, 2.45) is 0 Å². The summed E-state index contributed by atoms with van der Waals surface area (Å²) < 4.78 is 15.0. The minimum absolute atomic E-state index is 0.355. The lowest BCUT2D eigenvalue weighted by Gasteiger charge is -2.13. The van der Waals surface area contributed by atoms with Gasteiger partial charge in [-0.3, -0.25) is 4.79 Å². The monoisotopic (exact) mass is 269 g/mol. The normalized spacial score (nSPS) is 24.3. The maximum atomic E-state index is 14.4. The number of nitrogens with one attached hydrogen (secondary N) is 1. The van der Waals surface area contributed by atoms with Gasteiger partial charge in [0.15, 0.2) is 0 Å². The second-order valence-corrected chi connectivity index (χ2v) is 4.18. The molecule has 2 rings (SSSR count). The molecular weight excluding hydrogens is 261 g/mol. The Kier molecular flexibility index (Phi) is 2.38. The molecule has 1 N–H and O–H groups in total. The number of allylic oxidation sites excluding steroid dienone is 1. The smallest absolute Gasteiger partial charge is 0.270 e. The van der Waals surface area contributed by atoms with E-state index in [0.717, 1.165) is 0 Å². The first kappa shape index (κ1) is 10.4. The summed E-state index contributed by atoms with van der Waals surface area (Å²) in [5.74, 6) is -0.637. The number of hydrogen-bond acceptors (Lipinski definition) is 1. The molecule has 4 heteroatoms. The summed E-state index contributed by atoms with van der Waals surface area (Å²) in [5, 5.41) is 2.52. The Morgan fingerprint density at radius 1 is 1.53 bits per heavy atom. The first-order valence-electron chi connectivity index (χ1n) is 4.53. The summed E-state index contributed by atoms with van der Waals surface area (Å²) in [6.45, 7) is 1.68. The third-order valence-electron chi connectivity index (χ3n) is 2.35. The molecule has 0 spiro atoms. The minimum Gasteiger partial charge on any atom is -0.322 e. The molecule has 0 fully saturated rings. The largest absolute Gasteiger partial charge is 0.322 e. The summed E-state index contributed by atoms with van der Waals surface area (Å²) in [6.07, 6.45) is 2.80. The average molecular weight is 270 g/mol. The molecule has 1 aromatic carbocycles. The van der Waals surface area contributed by atoms with Crippen molar-refractivity contribution in [3.63, 3.8) is 0 Å². The van der Waals surface area contributed by atoms with E-state index in [1.165, 1.54) is 12.2 Å². The highest BCUT2D eigenvalue weighted by molar-refractivity contribution is 9.10. The maximum absolute atomic E-state index is 14.4. The zero-order valence-corrected chi connectivity index (χ0v) is 9.64. The van der Waals surface area contributed by atoms with Gasteiger partial charge in [-0.25, -0.2) is 4.39 Å². The fourth-order valence-corrected chi connectivity index (χ4v) is 2.37. The first-order chi connectivity index (χ1) is 7.09. The highest BCUT2D eigenvalue weighted by Crippen LogP contribution is 2.44. The van der Waals surface area contributed by atoms with Crippen LogP contribution in [0.3, 0.4) is 0 Å². The zero-order chi connectivity index (χ0) is 11.1. The van der Waals surface area contributed by atoms with E-state index in [9.17, 15) is 9.18 Å². The van der Waals surface area contributed by atoms with E-state index in [-0.39, 0.29) is 0 Å². The Labute approximate surface area is 95.3 Å². The Balaban J connectivity index is 2.68. The molecule has 0 aromatic heterocycles. The Morgan fingerprint density at radius 2 is 2.27 bits per heavy atom. The fourth-order valence-electron chi connectivity index (χ4n) is 1.71. The van der Waals surface area contributed by atoms with E-state index in [1.807, 2.05) is 0 Å². The molecule has 0 bridgehead atoms. The van der Waals surface area contributed by atoms with E-state index in [0.29, 0.717) is 15.7 Å². The van der Waals surface area contributed by atoms with Crippen LogP contribution in [-0.4, -0.2) is 5.91 Å². The van der Waals surface area contributed by atoms with Gasteiger partial charge in [0.25, 0.3) is 5.91 Å². The number of anilines is 1. The van der Waals surface area contributed by atoms with Gasteiger partial charge in [-0.15, -0.1) is 0 Å². The minimum atomic E-state index is -2.05. The second-order valence-electron chi connectivity index (χ2n) is 3.33. The van der Waals surface area contributed by atoms with Crippen LogP contribution in [0, 0.1) is 0 Å². The standard InChI is InChI=1S/C11H9BrFNO/c1-2-6-11(13)9-7(12)4-3-5-8(9)14-10(11)15/h2-6H,1H3,(H,14,15)/b6-2+. The molecule has 1 unspecified atom stereocenters. The van der Waals surface area contributed by atoms with Crippen LogP contribution < -0.4 is 5.32 Å². The molecule has 1 atom stereocenters. The van der Waals surface area contributed by atoms with E-state index in [4.69, 9.17) is 0 Å². The van der Waals surface area contributed by atoms with Crippen molar-refractivity contribution >= 4 is 27.5 Å². The van der Waals surface area contributed by atoms with Crippen molar-refractivity contribution in [2.75, 3.05) is 5.32 Å². The van der Waals surface area contributed by atoms with Crippen molar-refractivity contribution in [1.82, 2.24) is 0 Å². The Hall–Kier alpha value is -1.16. The number of rotatable bonds is 1. The molecule has 15 heavy (non-hydrogen) atoms. The van der Waals surface area contributed by atoms with Crippen molar-refractivity contribution in [3.8, 4) is 0 Å². The van der Waals surface area contributed by atoms with Gasteiger partial charge >= 0.3 is 0 Å². The molecule has 1 aliphatic rings. The molecule has 1 aromatic rings. The first-order valence-corrected chi connectivity index (χ1v) is 5.32. The molecule has 2 nitrogen and oxygen atoms in total. The SMILES string of the molecule is C/C=C/C1(F)C(=O)Nc2cccc(Br)c21. The number of amides is 1. The number of benzene rings is 1. The molecular formula is C11H9BrFNO. The van der Waals surface area contributed by atoms with Crippen LogP contribution in [0.15, 0.2) is 34.8 Å². The summed E-state index contributed by atoms with van der Waals surface area (Å²) in [4.78, 5) is 11.5. The summed E-state index contributed by atoms with van der Waals surface area (Å²) in [7, 11) is 0. The van der Waals surface area contributed by atoms with Crippen LogP contribution in [0.5, 0.6) is 0 Å². The number of carbonyl (C=O) groups excluding carboxylic acids is 1. The van der Waals surface area contributed by atoms with Crippen LogP contribution in [0.4, 0.5) is 10.1 Å². The van der Waals surface area contributed by atoms with Gasteiger partial charge in [0, 0.05) is 15.7 Å². The van der Waals surface area contributed by atoms with Gasteiger partial charge in [-0.2, -0.15) is 0 Å². The summed E-state index contributed by atoms with van der Waals surface area (Å²) in [6, 6.07) is 5.16. The molecule has 0 aliphatic carbocycles. The van der Waals surface area contributed by atoms with Gasteiger partial charge in [0.2, 0.25) is 5.67 Å². The van der Waals surface area contributed by atoms with E-state index >= 15 is 0 Å². The van der Waals surface area contributed by atoms with E-state index < -0.39 is 11.6 Å². The zero-order valence-electron chi connectivity index (χ0n) is 8.05. The number of alkyl halides is 1. The molecule has 0 saturated carbocycles. The number of halogens is 2. The predicted octanol–water partition coefficient (Wildman–Crippen LogP) is 3.14. The molecule has 78 valence electrons. The third-order valence-corrected chi connectivity index (χ3v) is 3.01. The summed E-state index contributed by atoms with van der Waals surface area (Å²) in [5.41, 5.74) is -1.17. The molecule has 1 aliphatic heterocycles. The lowest BCUT2D eigenvalue weighted by Crippen LogP contribution is -2.27. The second kappa shape index (κ2) is 3.45. The van der Waals surface area contributed by atoms with Crippen LogP contribution in [0.25, 0.3) is 0 Å². The van der Waals surface area contributed by atoms with Crippen molar-refractivity contribution < 1.29 is 9.18 Å². The van der Waals surface area contributed by atoms with Gasteiger partial charge in [0.1, 0.15) is 0 Å². The quantitative estimate of drug-likeness (QED) is 0.780. The molecule has 0 saturated heterocycles. The fraction of sp³-hybridized carbons (Fsp3) is 0.182. The van der Waals surface area contributed by atoms with E-state index in [2.05, 4.69) is 21.2 Å². The maximum Gasteiger partial charge on any atom is 0.270 e. The van der Waals surface area contributed by atoms with Crippen LogP contribution in [0.1, 0.15) is 12.5 Å². The van der Waals surface area contributed by atoms with Crippen LogP contribution in [-0.2, 0) is 10.5 Å². The average Bonchev–Trinajstić information content (AvgIpc) is 2.41. The van der Waals surface area contributed by atoms with E-state index in [1.54, 1.807) is 25.1 Å². The van der Waals surface area contributed by atoms with Crippen LogP contribution >= 0.6 is 15.9 Å². The highest BCUT2D eigenvalue weighted by Gasteiger charge is 2.46. The lowest BCUT2D eigenvalue weighted by atomic mass is 9.97. The van der Waals surface area contributed by atoms with Crippen molar-refractivity contribution in [2.45, 2.75) is 12.6 Å². The number of carbonyl (C=O) groups is 1. The molecule has 1 heterocycles. The topological polar surface area (TPSA) is 29.1 Å². The lowest BCUT2D eigenvalue weighted by molar-refractivity contribution is -0.124. The van der Waals surface area contributed by atoms with Gasteiger partial charge in [0.05, 0.1) is 0 Å². The highest BCUT2D eigenvalue weighted by atomic mass is 79.9. The predicted molar refractivity (Wildman–Crippen MR) is 60.4 cm³/mol. The molecule has 0 radical (unpaired) electrons. The Bertz CT molecular complexity index is 458. The number of hydrogen-bond donors (Lipinski definition) is 1. The number of fused-ring (bicyclic) bond motifs is 1. The third kappa shape index (κ3) is 1.40. The Morgan fingerprint density at radius 3 is 2.93 bits per heavy atom. The van der Waals surface area contributed by atoms with Crippen molar-refractivity contribution in [3.05, 3.63) is 40.4 Å². The van der Waals surface area contributed by atoms with Gasteiger partial charge in [-0.05, 0) is 25.1 Å². The summed E-state index contributed by atoms with van der Waals surface area (Å²) >= 11 is 3.25. The van der Waals surface area contributed by atoms with Crippen LogP contribution in [0.2, 0.25) is 0 Å². The van der Waals surface area contributed by atoms with Gasteiger partial charge < -0.3 is 5.32 Å². The molecule has 1 amide bonds.